The maximum absolute atomic E-state index is 13.1. The van der Waals surface area contributed by atoms with Crippen LogP contribution in [0.15, 0.2) is 61.3 Å². The van der Waals surface area contributed by atoms with Crippen molar-refractivity contribution in [2.24, 2.45) is 0 Å². The van der Waals surface area contributed by atoms with Crippen LogP contribution in [0.2, 0.25) is 0 Å². The Morgan fingerprint density at radius 3 is 2.44 bits per heavy atom. The van der Waals surface area contributed by atoms with E-state index in [-0.39, 0.29) is 23.3 Å². The molecule has 10 nitrogen and oxygen atoms in total. The highest BCUT2D eigenvalue weighted by molar-refractivity contribution is 6.08. The van der Waals surface area contributed by atoms with E-state index in [2.05, 4.69) is 32.1 Å². The summed E-state index contributed by atoms with van der Waals surface area (Å²) in [7, 11) is 7.49. The van der Waals surface area contributed by atoms with Crippen LogP contribution in [0.5, 0.6) is 11.5 Å². The fourth-order valence-electron chi connectivity index (χ4n) is 3.64. The molecule has 1 aromatic heterocycles. The molecule has 3 rings (SSSR count). The van der Waals surface area contributed by atoms with Crippen molar-refractivity contribution in [2.75, 3.05) is 63.5 Å². The monoisotopic (exact) mass is 532 g/mol. The Hall–Kier alpha value is -4.44. The number of nitrogens with one attached hydrogen (secondary N) is 2. The van der Waals surface area contributed by atoms with Gasteiger partial charge in [0.1, 0.15) is 17.2 Å². The molecule has 0 fully saturated rings. The second-order valence-corrected chi connectivity index (χ2v) is 9.08. The summed E-state index contributed by atoms with van der Waals surface area (Å²) in [5.41, 5.74) is 2.56. The number of ether oxygens (including phenoxy) is 2. The van der Waals surface area contributed by atoms with Gasteiger partial charge in [0.2, 0.25) is 17.6 Å². The molecule has 0 aliphatic rings. The number of anilines is 4. The van der Waals surface area contributed by atoms with E-state index in [0.29, 0.717) is 35.0 Å². The van der Waals surface area contributed by atoms with E-state index in [1.165, 1.54) is 12.3 Å². The van der Waals surface area contributed by atoms with Crippen molar-refractivity contribution in [1.29, 1.82) is 0 Å². The summed E-state index contributed by atoms with van der Waals surface area (Å²) >= 11 is 0. The molecule has 0 radical (unpaired) electrons. The molecule has 0 saturated heterocycles. The van der Waals surface area contributed by atoms with Gasteiger partial charge < -0.3 is 29.9 Å². The molecular formula is C29H36N6O4. The first-order valence-electron chi connectivity index (χ1n) is 12.6. The van der Waals surface area contributed by atoms with Crippen LogP contribution in [-0.2, 0) is 4.79 Å². The lowest BCUT2D eigenvalue weighted by atomic mass is 10.1. The van der Waals surface area contributed by atoms with E-state index >= 15 is 0 Å². The van der Waals surface area contributed by atoms with Crippen molar-refractivity contribution in [3.63, 3.8) is 0 Å². The summed E-state index contributed by atoms with van der Waals surface area (Å²) in [5.74, 6) is 0.841. The minimum absolute atomic E-state index is 0.205. The molecule has 0 aliphatic heterocycles. The average molecular weight is 533 g/mol. The number of nitrogens with zero attached hydrogens (tertiary/aromatic N) is 4. The van der Waals surface area contributed by atoms with Crippen LogP contribution in [0.3, 0.4) is 0 Å². The number of methoxy groups -OCH3 is 1. The number of rotatable bonds is 14. The molecule has 1 heterocycles. The van der Waals surface area contributed by atoms with Gasteiger partial charge in [-0.25, -0.2) is 9.97 Å². The molecule has 0 aliphatic carbocycles. The molecule has 0 spiro atoms. The fraction of sp³-hybridized carbons (Fsp3) is 0.310. The van der Waals surface area contributed by atoms with Gasteiger partial charge >= 0.3 is 0 Å². The van der Waals surface area contributed by atoms with Crippen molar-refractivity contribution in [1.82, 2.24) is 14.9 Å². The Morgan fingerprint density at radius 1 is 1.05 bits per heavy atom. The second-order valence-electron chi connectivity index (χ2n) is 9.08. The second kappa shape index (κ2) is 13.9. The summed E-state index contributed by atoms with van der Waals surface area (Å²) in [4.78, 5) is 38.1. The van der Waals surface area contributed by atoms with E-state index in [1.54, 1.807) is 43.5 Å². The van der Waals surface area contributed by atoms with Gasteiger partial charge in [-0.3, -0.25) is 9.59 Å². The number of likely N-dealkylation sites (N-methyl/N-ethyl adjacent to an activating group) is 2. The highest BCUT2D eigenvalue weighted by Crippen LogP contribution is 2.37. The molecule has 3 aromatic rings. The summed E-state index contributed by atoms with van der Waals surface area (Å²) in [5, 5.41) is 5.99. The molecule has 0 unspecified atom stereocenters. The lowest BCUT2D eigenvalue weighted by Gasteiger charge is -2.26. The van der Waals surface area contributed by atoms with Crippen LogP contribution in [0, 0.1) is 0 Å². The number of carbonyl (C=O) groups is 2. The van der Waals surface area contributed by atoms with Gasteiger partial charge in [0, 0.05) is 38.0 Å². The standard InChI is InChI=1S/C29H36N6O4/c1-7-17-39-21-11-9-20(10-12-21)28(37)22-13-14-30-29(32-22)33-24-18-23(31-27(36)8-2)25(19-26(24)38-6)35(5)16-15-34(3)4/h8-14,18-19H,2,7,15-17H2,1,3-6H3,(H,31,36)(H,30,32,33). The number of amides is 1. The Labute approximate surface area is 229 Å². The lowest BCUT2D eigenvalue weighted by Crippen LogP contribution is -2.29. The van der Waals surface area contributed by atoms with Crippen molar-refractivity contribution < 1.29 is 19.1 Å². The number of hydrogen-bond acceptors (Lipinski definition) is 9. The van der Waals surface area contributed by atoms with E-state index in [4.69, 9.17) is 9.47 Å². The number of hydrogen-bond donors (Lipinski definition) is 2. The molecule has 39 heavy (non-hydrogen) atoms. The smallest absolute Gasteiger partial charge is 0.247 e. The topological polar surface area (TPSA) is 109 Å². The van der Waals surface area contributed by atoms with Gasteiger partial charge in [0.05, 0.1) is 30.8 Å². The largest absolute Gasteiger partial charge is 0.494 e. The normalized spacial score (nSPS) is 10.6. The molecule has 0 atom stereocenters. The van der Waals surface area contributed by atoms with Crippen molar-refractivity contribution in [2.45, 2.75) is 13.3 Å². The van der Waals surface area contributed by atoms with E-state index in [9.17, 15) is 9.59 Å². The fourth-order valence-corrected chi connectivity index (χ4v) is 3.64. The van der Waals surface area contributed by atoms with Crippen molar-refractivity contribution in [3.05, 3.63) is 72.6 Å². The van der Waals surface area contributed by atoms with Crippen molar-refractivity contribution in [3.8, 4) is 11.5 Å². The van der Waals surface area contributed by atoms with Gasteiger partial charge in [-0.2, -0.15) is 0 Å². The van der Waals surface area contributed by atoms with Crippen LogP contribution in [0.25, 0.3) is 0 Å². The third-order valence-electron chi connectivity index (χ3n) is 5.78. The highest BCUT2D eigenvalue weighted by atomic mass is 16.5. The van der Waals surface area contributed by atoms with E-state index in [0.717, 1.165) is 25.2 Å². The Kier molecular flexibility index (Phi) is 10.4. The highest BCUT2D eigenvalue weighted by Gasteiger charge is 2.17. The van der Waals surface area contributed by atoms with Gasteiger partial charge in [-0.05, 0) is 63.0 Å². The molecule has 2 N–H and O–H groups in total. The van der Waals surface area contributed by atoms with Gasteiger partial charge in [-0.15, -0.1) is 0 Å². The maximum Gasteiger partial charge on any atom is 0.247 e. The average Bonchev–Trinajstić information content (AvgIpc) is 2.94. The predicted octanol–water partition coefficient (Wildman–Crippen LogP) is 4.37. The van der Waals surface area contributed by atoms with Crippen molar-refractivity contribution >= 4 is 34.7 Å². The summed E-state index contributed by atoms with van der Waals surface area (Å²) in [6.07, 6.45) is 3.62. The number of benzene rings is 2. The predicted molar refractivity (Wildman–Crippen MR) is 155 cm³/mol. The molecule has 10 heteroatoms. The van der Waals surface area contributed by atoms with Gasteiger partial charge in [-0.1, -0.05) is 13.5 Å². The van der Waals surface area contributed by atoms with Crippen LogP contribution < -0.4 is 25.0 Å². The van der Waals surface area contributed by atoms with Crippen LogP contribution >= 0.6 is 0 Å². The number of ketones is 1. The zero-order valence-corrected chi connectivity index (χ0v) is 23.2. The van der Waals surface area contributed by atoms with Crippen LogP contribution in [-0.4, -0.2) is 74.5 Å². The Balaban J connectivity index is 1.89. The summed E-state index contributed by atoms with van der Waals surface area (Å²) in [6, 6.07) is 12.1. The minimum atomic E-state index is -0.344. The Morgan fingerprint density at radius 2 is 1.79 bits per heavy atom. The van der Waals surface area contributed by atoms with Crippen LogP contribution in [0.1, 0.15) is 29.4 Å². The summed E-state index contributed by atoms with van der Waals surface area (Å²) < 4.78 is 11.2. The summed E-state index contributed by atoms with van der Waals surface area (Å²) in [6.45, 7) is 7.74. The van der Waals surface area contributed by atoms with E-state index in [1.807, 2.05) is 39.0 Å². The lowest BCUT2D eigenvalue weighted by molar-refractivity contribution is -0.111. The minimum Gasteiger partial charge on any atom is -0.494 e. The first-order valence-corrected chi connectivity index (χ1v) is 12.6. The molecule has 2 aromatic carbocycles. The third kappa shape index (κ3) is 8.02. The molecule has 206 valence electrons. The Bertz CT molecular complexity index is 1290. The van der Waals surface area contributed by atoms with Gasteiger partial charge in [0.15, 0.2) is 0 Å². The zero-order valence-electron chi connectivity index (χ0n) is 23.2. The SMILES string of the molecule is C=CC(=O)Nc1cc(Nc2nccc(C(=O)c3ccc(OCCC)cc3)n2)c(OC)cc1N(C)CCN(C)C. The number of aromatic nitrogens is 2. The van der Waals surface area contributed by atoms with E-state index < -0.39 is 0 Å². The van der Waals surface area contributed by atoms with Gasteiger partial charge in [0.25, 0.3) is 0 Å². The quantitative estimate of drug-likeness (QED) is 0.231. The molecule has 1 amide bonds. The maximum atomic E-state index is 13.1. The first-order chi connectivity index (χ1) is 18.7. The zero-order chi connectivity index (χ0) is 28.4. The molecule has 0 bridgehead atoms. The first kappa shape index (κ1) is 29.1. The molecule has 0 saturated carbocycles. The third-order valence-corrected chi connectivity index (χ3v) is 5.78. The van der Waals surface area contributed by atoms with Crippen LogP contribution in [0.4, 0.5) is 23.0 Å². The number of carbonyl (C=O) groups excluding carboxylic acids is 2. The molecular weight excluding hydrogens is 496 g/mol.